The zero-order chi connectivity index (χ0) is 21.8. The van der Waals surface area contributed by atoms with E-state index in [4.69, 9.17) is 9.47 Å². The van der Waals surface area contributed by atoms with E-state index in [0.717, 1.165) is 36.1 Å². The van der Waals surface area contributed by atoms with Crippen molar-refractivity contribution in [2.45, 2.75) is 6.92 Å². The van der Waals surface area contributed by atoms with Crippen LogP contribution in [-0.2, 0) is 9.53 Å². The van der Waals surface area contributed by atoms with Crippen molar-refractivity contribution < 1.29 is 23.0 Å². The summed E-state index contributed by atoms with van der Waals surface area (Å²) in [6.45, 7) is 5.56. The first-order valence-corrected chi connectivity index (χ1v) is 10.9. The van der Waals surface area contributed by atoms with Crippen molar-refractivity contribution in [1.29, 1.82) is 0 Å². The fraction of sp³-hybridized carbons (Fsp3) is 0.364. The van der Waals surface area contributed by atoms with Gasteiger partial charge in [-0.2, -0.15) is 0 Å². The van der Waals surface area contributed by atoms with Crippen LogP contribution in [0.5, 0.6) is 5.75 Å². The molecular weight excluding hydrogens is 424 g/mol. The van der Waals surface area contributed by atoms with Gasteiger partial charge in [0.2, 0.25) is 0 Å². The Labute approximate surface area is 183 Å². The van der Waals surface area contributed by atoms with Crippen molar-refractivity contribution >= 4 is 32.6 Å². The average Bonchev–Trinajstić information content (AvgIpc) is 3.18. The molecule has 1 aromatic heterocycles. The van der Waals surface area contributed by atoms with Gasteiger partial charge >= 0.3 is 0 Å². The van der Waals surface area contributed by atoms with E-state index in [1.165, 1.54) is 11.0 Å². The smallest absolute Gasteiger partial charge is 0.266 e. The number of thiazole rings is 1. The van der Waals surface area contributed by atoms with Gasteiger partial charge in [0.1, 0.15) is 17.1 Å². The van der Waals surface area contributed by atoms with Gasteiger partial charge in [-0.05, 0) is 24.6 Å². The molecule has 0 radical (unpaired) electrons. The second-order valence-corrected chi connectivity index (χ2v) is 8.29. The topological polar surface area (TPSA) is 54.9 Å². The molecule has 1 aliphatic heterocycles. The number of halogens is 2. The Morgan fingerprint density at radius 1 is 1.26 bits per heavy atom. The molecule has 3 aromatic rings. The maximum Gasteiger partial charge on any atom is 0.266 e. The van der Waals surface area contributed by atoms with Crippen molar-refractivity contribution in [3.05, 3.63) is 53.6 Å². The van der Waals surface area contributed by atoms with Crippen LogP contribution in [-0.4, -0.2) is 61.8 Å². The Hall–Kier alpha value is -2.62. The van der Waals surface area contributed by atoms with Crippen LogP contribution in [0.15, 0.2) is 36.4 Å². The van der Waals surface area contributed by atoms with Crippen LogP contribution in [0.3, 0.4) is 0 Å². The zero-order valence-electron chi connectivity index (χ0n) is 17.1. The molecule has 0 atom stereocenters. The first-order valence-electron chi connectivity index (χ1n) is 10.1. The van der Waals surface area contributed by atoms with Gasteiger partial charge in [0.15, 0.2) is 17.6 Å². The Morgan fingerprint density at radius 2 is 2.03 bits per heavy atom. The summed E-state index contributed by atoms with van der Waals surface area (Å²) in [4.78, 5) is 21.1. The highest BCUT2D eigenvalue weighted by atomic mass is 32.1. The van der Waals surface area contributed by atoms with E-state index in [-0.39, 0.29) is 18.0 Å². The summed E-state index contributed by atoms with van der Waals surface area (Å²) in [7, 11) is 0. The van der Waals surface area contributed by atoms with Gasteiger partial charge in [0.05, 0.1) is 17.9 Å². The molecule has 2 aromatic carbocycles. The normalized spacial score (nSPS) is 14.7. The van der Waals surface area contributed by atoms with Crippen molar-refractivity contribution in [2.75, 3.05) is 50.9 Å². The third-order valence-corrected chi connectivity index (χ3v) is 6.15. The quantitative estimate of drug-likeness (QED) is 0.554. The van der Waals surface area contributed by atoms with Crippen LogP contribution < -0.4 is 9.64 Å². The molecule has 0 bridgehead atoms. The molecule has 0 unspecified atom stereocenters. The molecule has 1 fully saturated rings. The summed E-state index contributed by atoms with van der Waals surface area (Å²) in [6.07, 6.45) is 0. The number of nitrogens with zero attached hydrogens (tertiary/aromatic N) is 3. The highest BCUT2D eigenvalue weighted by molar-refractivity contribution is 7.22. The average molecular weight is 448 g/mol. The number of ether oxygens (including phenoxy) is 2. The third-order valence-electron chi connectivity index (χ3n) is 5.12. The highest BCUT2D eigenvalue weighted by Crippen LogP contribution is 2.31. The second-order valence-electron chi connectivity index (χ2n) is 7.28. The lowest BCUT2D eigenvalue weighted by atomic mass is 10.2. The lowest BCUT2D eigenvalue weighted by Gasteiger charge is -2.29. The predicted octanol–water partition coefficient (Wildman–Crippen LogP) is 3.63. The summed E-state index contributed by atoms with van der Waals surface area (Å²) in [5.41, 5.74) is 0.984. The molecule has 2 heterocycles. The predicted molar refractivity (Wildman–Crippen MR) is 116 cm³/mol. The second kappa shape index (κ2) is 9.67. The van der Waals surface area contributed by atoms with Gasteiger partial charge in [-0.3, -0.25) is 14.6 Å². The Bertz CT molecular complexity index is 1070. The molecule has 6 nitrogen and oxygen atoms in total. The fourth-order valence-corrected chi connectivity index (χ4v) is 4.44. The van der Waals surface area contributed by atoms with E-state index in [1.807, 2.05) is 25.1 Å². The molecule has 1 amide bonds. The number of aromatic nitrogens is 1. The minimum absolute atomic E-state index is 0.0606. The van der Waals surface area contributed by atoms with E-state index in [0.29, 0.717) is 41.9 Å². The number of hydrogen-bond acceptors (Lipinski definition) is 6. The van der Waals surface area contributed by atoms with Crippen molar-refractivity contribution in [3.8, 4) is 5.75 Å². The van der Waals surface area contributed by atoms with Gasteiger partial charge in [-0.1, -0.05) is 29.5 Å². The van der Waals surface area contributed by atoms with Gasteiger partial charge in [0.25, 0.3) is 5.91 Å². The fourth-order valence-electron chi connectivity index (χ4n) is 3.39. The third kappa shape index (κ3) is 5.17. The Balaban J connectivity index is 1.55. The SMILES string of the molecule is Cc1ccccc1OCC(=O)N(CCN1CCOCC1)c1nc2c(F)cc(F)cc2s1. The number of aryl methyl sites for hydroxylation is 1. The van der Waals surface area contributed by atoms with E-state index in [9.17, 15) is 13.6 Å². The number of morpholine rings is 1. The van der Waals surface area contributed by atoms with Crippen LogP contribution in [0.25, 0.3) is 10.2 Å². The molecule has 31 heavy (non-hydrogen) atoms. The molecule has 0 N–H and O–H groups in total. The number of carbonyl (C=O) groups is 1. The lowest BCUT2D eigenvalue weighted by Crippen LogP contribution is -2.44. The largest absolute Gasteiger partial charge is 0.483 e. The number of benzene rings is 2. The maximum atomic E-state index is 14.2. The Morgan fingerprint density at radius 3 is 2.81 bits per heavy atom. The molecule has 9 heteroatoms. The van der Waals surface area contributed by atoms with Crippen LogP contribution in [0.2, 0.25) is 0 Å². The molecule has 4 rings (SSSR count). The number of amides is 1. The first-order chi connectivity index (χ1) is 15.0. The summed E-state index contributed by atoms with van der Waals surface area (Å²) in [6, 6.07) is 9.47. The minimum atomic E-state index is -0.741. The summed E-state index contributed by atoms with van der Waals surface area (Å²) >= 11 is 1.09. The summed E-state index contributed by atoms with van der Waals surface area (Å²) in [5.74, 6) is -1.08. The first kappa shape index (κ1) is 21.6. The molecule has 0 spiro atoms. The number of hydrogen-bond donors (Lipinski definition) is 0. The van der Waals surface area contributed by atoms with Crippen LogP contribution in [0.4, 0.5) is 13.9 Å². The molecule has 1 saturated heterocycles. The minimum Gasteiger partial charge on any atom is -0.483 e. The monoisotopic (exact) mass is 447 g/mol. The van der Waals surface area contributed by atoms with E-state index in [2.05, 4.69) is 9.88 Å². The molecule has 0 saturated carbocycles. The number of anilines is 1. The molecular formula is C22H23F2N3O3S. The number of carbonyl (C=O) groups excluding carboxylic acids is 1. The van der Waals surface area contributed by atoms with Crippen LogP contribution in [0.1, 0.15) is 5.56 Å². The molecule has 0 aliphatic carbocycles. The van der Waals surface area contributed by atoms with Gasteiger partial charge < -0.3 is 9.47 Å². The highest BCUT2D eigenvalue weighted by Gasteiger charge is 2.23. The number of fused-ring (bicyclic) bond motifs is 1. The maximum absolute atomic E-state index is 14.2. The van der Waals surface area contributed by atoms with E-state index in [1.54, 1.807) is 6.07 Å². The molecule has 164 valence electrons. The van der Waals surface area contributed by atoms with Crippen LogP contribution in [0, 0.1) is 18.6 Å². The molecule has 1 aliphatic rings. The van der Waals surface area contributed by atoms with Crippen molar-refractivity contribution in [3.63, 3.8) is 0 Å². The van der Waals surface area contributed by atoms with Gasteiger partial charge in [0, 0.05) is 32.2 Å². The van der Waals surface area contributed by atoms with E-state index < -0.39 is 11.6 Å². The number of para-hydroxylation sites is 1. The van der Waals surface area contributed by atoms with Crippen molar-refractivity contribution in [2.24, 2.45) is 0 Å². The summed E-state index contributed by atoms with van der Waals surface area (Å²) < 4.78 is 39.3. The van der Waals surface area contributed by atoms with Gasteiger partial charge in [-0.25, -0.2) is 13.8 Å². The number of rotatable bonds is 7. The summed E-state index contributed by atoms with van der Waals surface area (Å²) in [5, 5.41) is 0.325. The Kier molecular flexibility index (Phi) is 6.74. The van der Waals surface area contributed by atoms with Crippen molar-refractivity contribution in [1.82, 2.24) is 9.88 Å². The van der Waals surface area contributed by atoms with Gasteiger partial charge in [-0.15, -0.1) is 0 Å². The standard InChI is InChI=1S/C22H23F2N3O3S/c1-15-4-2-3-5-18(15)30-14-20(28)27(7-6-26-8-10-29-11-9-26)22-25-21-17(24)12-16(23)13-19(21)31-22/h2-5,12-13H,6-11,14H2,1H3. The lowest BCUT2D eigenvalue weighted by molar-refractivity contribution is -0.120. The van der Waals surface area contributed by atoms with Crippen LogP contribution >= 0.6 is 11.3 Å². The zero-order valence-corrected chi connectivity index (χ0v) is 18.0. The van der Waals surface area contributed by atoms with E-state index >= 15 is 0 Å².